The average molecular weight is 476 g/mol. The predicted molar refractivity (Wildman–Crippen MR) is 146 cm³/mol. The largest absolute Gasteiger partial charge is 0.495 e. The van der Waals surface area contributed by atoms with Gasteiger partial charge in [0.05, 0.1) is 19.3 Å². The third-order valence-corrected chi connectivity index (χ3v) is 7.31. The summed E-state index contributed by atoms with van der Waals surface area (Å²) >= 11 is 6.02. The van der Waals surface area contributed by atoms with Crippen LogP contribution in [0.2, 0.25) is 0 Å². The molecule has 0 atom stereocenters. The number of aromatic nitrogens is 1. The Balaban J connectivity index is 1.57. The van der Waals surface area contributed by atoms with Crippen molar-refractivity contribution in [3.8, 4) is 5.75 Å². The molecular formula is C29H37N3OS. The van der Waals surface area contributed by atoms with Crippen LogP contribution in [0, 0.1) is 13.8 Å². The highest BCUT2D eigenvalue weighted by molar-refractivity contribution is 7.80. The molecule has 34 heavy (non-hydrogen) atoms. The van der Waals surface area contributed by atoms with Gasteiger partial charge >= 0.3 is 0 Å². The number of hydrogen-bond donors (Lipinski definition) is 1. The van der Waals surface area contributed by atoms with E-state index in [1.165, 1.54) is 60.9 Å². The molecule has 0 radical (unpaired) electrons. The van der Waals surface area contributed by atoms with Crippen LogP contribution in [0.15, 0.2) is 60.8 Å². The fourth-order valence-electron chi connectivity index (χ4n) is 5.00. The summed E-state index contributed by atoms with van der Waals surface area (Å²) in [6.07, 6.45) is 9.73. The van der Waals surface area contributed by atoms with Crippen molar-refractivity contribution in [3.05, 3.63) is 83.2 Å². The first-order valence-corrected chi connectivity index (χ1v) is 12.9. The van der Waals surface area contributed by atoms with Crippen LogP contribution in [0.1, 0.15) is 60.9 Å². The molecule has 1 aliphatic carbocycles. The first-order chi connectivity index (χ1) is 16.5. The SMILES string of the molecule is COc1ccccc1NC(=S)N(Cc1cccn1Cc1ccc(C)cc1C)C1CCCCCC1. The van der Waals surface area contributed by atoms with Crippen molar-refractivity contribution in [2.24, 2.45) is 0 Å². The molecule has 1 fully saturated rings. The molecule has 0 aliphatic heterocycles. The smallest absolute Gasteiger partial charge is 0.174 e. The quantitative estimate of drug-likeness (QED) is 0.292. The van der Waals surface area contributed by atoms with Crippen molar-refractivity contribution in [2.75, 3.05) is 12.4 Å². The lowest BCUT2D eigenvalue weighted by Gasteiger charge is -2.34. The minimum Gasteiger partial charge on any atom is -0.495 e. The van der Waals surface area contributed by atoms with Gasteiger partial charge in [-0.25, -0.2) is 0 Å². The van der Waals surface area contributed by atoms with Crippen molar-refractivity contribution in [3.63, 3.8) is 0 Å². The van der Waals surface area contributed by atoms with E-state index in [1.54, 1.807) is 7.11 Å². The molecule has 0 unspecified atom stereocenters. The fourth-order valence-corrected chi connectivity index (χ4v) is 5.32. The van der Waals surface area contributed by atoms with Gasteiger partial charge in [0.1, 0.15) is 5.75 Å². The van der Waals surface area contributed by atoms with Gasteiger partial charge in [-0.1, -0.05) is 61.6 Å². The molecule has 0 saturated heterocycles. The first kappa shape index (κ1) is 24.3. The number of hydrogen-bond acceptors (Lipinski definition) is 2. The van der Waals surface area contributed by atoms with Gasteiger partial charge in [-0.2, -0.15) is 0 Å². The van der Waals surface area contributed by atoms with Gasteiger partial charge < -0.3 is 19.5 Å². The van der Waals surface area contributed by atoms with Gasteiger partial charge in [0.15, 0.2) is 5.11 Å². The molecule has 2 aromatic carbocycles. The molecule has 1 aliphatic rings. The van der Waals surface area contributed by atoms with Crippen molar-refractivity contribution in [1.29, 1.82) is 0 Å². The highest BCUT2D eigenvalue weighted by Crippen LogP contribution is 2.28. The van der Waals surface area contributed by atoms with E-state index in [0.29, 0.717) is 6.04 Å². The van der Waals surface area contributed by atoms with E-state index in [-0.39, 0.29) is 0 Å². The maximum Gasteiger partial charge on any atom is 0.174 e. The van der Waals surface area contributed by atoms with Crippen LogP contribution < -0.4 is 10.1 Å². The van der Waals surface area contributed by atoms with E-state index in [1.807, 2.05) is 24.3 Å². The number of methoxy groups -OCH3 is 1. The number of para-hydroxylation sites is 2. The number of nitrogens with one attached hydrogen (secondary N) is 1. The van der Waals surface area contributed by atoms with Crippen molar-refractivity contribution in [1.82, 2.24) is 9.47 Å². The molecule has 4 rings (SSSR count). The monoisotopic (exact) mass is 475 g/mol. The molecule has 1 saturated carbocycles. The van der Waals surface area contributed by atoms with Gasteiger partial charge in [-0.3, -0.25) is 0 Å². The summed E-state index contributed by atoms with van der Waals surface area (Å²) < 4.78 is 7.93. The zero-order valence-electron chi connectivity index (χ0n) is 20.7. The first-order valence-electron chi connectivity index (χ1n) is 12.5. The van der Waals surface area contributed by atoms with Crippen LogP contribution >= 0.6 is 12.2 Å². The molecule has 3 aromatic rings. The zero-order chi connectivity index (χ0) is 23.9. The van der Waals surface area contributed by atoms with Gasteiger partial charge in [0.25, 0.3) is 0 Å². The summed E-state index contributed by atoms with van der Waals surface area (Å²) in [5, 5.41) is 4.27. The third kappa shape index (κ3) is 6.01. The highest BCUT2D eigenvalue weighted by atomic mass is 32.1. The summed E-state index contributed by atoms with van der Waals surface area (Å²) in [4.78, 5) is 2.42. The van der Waals surface area contributed by atoms with Gasteiger partial charge in [-0.05, 0) is 74.3 Å². The van der Waals surface area contributed by atoms with E-state index >= 15 is 0 Å². The summed E-state index contributed by atoms with van der Waals surface area (Å²) in [7, 11) is 1.70. The van der Waals surface area contributed by atoms with Crippen LogP contribution in [0.5, 0.6) is 5.75 Å². The summed E-state index contributed by atoms with van der Waals surface area (Å²) in [5.41, 5.74) is 6.21. The van der Waals surface area contributed by atoms with Crippen LogP contribution in [-0.4, -0.2) is 27.7 Å². The number of aryl methyl sites for hydroxylation is 2. The normalized spacial score (nSPS) is 14.4. The number of ether oxygens (including phenoxy) is 1. The van der Waals surface area contributed by atoms with Crippen LogP contribution in [0.25, 0.3) is 0 Å². The number of nitrogens with zero attached hydrogens (tertiary/aromatic N) is 2. The van der Waals surface area contributed by atoms with E-state index in [0.717, 1.165) is 29.6 Å². The summed E-state index contributed by atoms with van der Waals surface area (Å²) in [6, 6.07) is 19.6. The summed E-state index contributed by atoms with van der Waals surface area (Å²) in [6.45, 7) is 6.02. The summed E-state index contributed by atoms with van der Waals surface area (Å²) in [5.74, 6) is 0.809. The number of thiocarbonyl (C=S) groups is 1. The molecule has 1 aromatic heterocycles. The van der Waals surface area contributed by atoms with E-state index in [2.05, 4.69) is 65.2 Å². The molecule has 180 valence electrons. The Morgan fingerprint density at radius 3 is 2.53 bits per heavy atom. The second kappa shape index (κ2) is 11.6. The molecule has 4 nitrogen and oxygen atoms in total. The number of benzene rings is 2. The maximum absolute atomic E-state index is 6.02. The molecule has 1 N–H and O–H groups in total. The fraction of sp³-hybridized carbons (Fsp3) is 0.414. The topological polar surface area (TPSA) is 29.4 Å². The highest BCUT2D eigenvalue weighted by Gasteiger charge is 2.24. The standard InChI is InChI=1S/C29H37N3OS/c1-22-16-17-24(23(2)19-22)20-31-18-10-13-26(31)21-32(25-11-6-4-5-7-12-25)29(34)30-27-14-8-9-15-28(27)33-3/h8-10,13-19,25H,4-7,11-12,20-21H2,1-3H3,(H,30,34). The lowest BCUT2D eigenvalue weighted by Crippen LogP contribution is -2.42. The predicted octanol–water partition coefficient (Wildman–Crippen LogP) is 7.08. The zero-order valence-corrected chi connectivity index (χ0v) is 21.5. The van der Waals surface area contributed by atoms with E-state index < -0.39 is 0 Å². The Morgan fingerprint density at radius 2 is 1.79 bits per heavy atom. The average Bonchev–Trinajstić information content (AvgIpc) is 3.09. The number of anilines is 1. The maximum atomic E-state index is 6.02. The Kier molecular flexibility index (Phi) is 8.28. The van der Waals surface area contributed by atoms with Crippen LogP contribution in [0.3, 0.4) is 0 Å². The third-order valence-electron chi connectivity index (χ3n) is 6.97. The Hall–Kier alpha value is -2.79. The number of rotatable bonds is 7. The lowest BCUT2D eigenvalue weighted by molar-refractivity contribution is 0.274. The van der Waals surface area contributed by atoms with Crippen molar-refractivity contribution in [2.45, 2.75) is 71.5 Å². The molecule has 5 heteroatoms. The Bertz CT molecular complexity index is 1100. The molecule has 0 spiro atoms. The van der Waals surface area contributed by atoms with Crippen LogP contribution in [-0.2, 0) is 13.1 Å². The Morgan fingerprint density at radius 1 is 1.03 bits per heavy atom. The molecule has 0 amide bonds. The van der Waals surface area contributed by atoms with Gasteiger partial charge in [-0.15, -0.1) is 0 Å². The molecule has 1 heterocycles. The lowest BCUT2D eigenvalue weighted by atomic mass is 10.1. The second-order valence-electron chi connectivity index (χ2n) is 9.46. The van der Waals surface area contributed by atoms with E-state index in [9.17, 15) is 0 Å². The van der Waals surface area contributed by atoms with Gasteiger partial charge in [0.2, 0.25) is 0 Å². The van der Waals surface area contributed by atoms with Gasteiger partial charge in [0, 0.05) is 24.5 Å². The minimum atomic E-state index is 0.446. The molecule has 0 bridgehead atoms. The van der Waals surface area contributed by atoms with Crippen LogP contribution in [0.4, 0.5) is 5.69 Å². The Labute approximate surface area is 209 Å². The van der Waals surface area contributed by atoms with Crippen molar-refractivity contribution < 1.29 is 4.74 Å². The van der Waals surface area contributed by atoms with E-state index in [4.69, 9.17) is 17.0 Å². The second-order valence-corrected chi connectivity index (χ2v) is 9.85. The minimum absolute atomic E-state index is 0.446. The molecular weight excluding hydrogens is 438 g/mol. The van der Waals surface area contributed by atoms with Crippen molar-refractivity contribution >= 4 is 23.0 Å².